The van der Waals surface area contributed by atoms with Crippen molar-refractivity contribution in [2.75, 3.05) is 25.1 Å². The number of nitrogens with zero attached hydrogens (tertiary/aromatic N) is 4. The first-order valence-corrected chi connectivity index (χ1v) is 7.77. The van der Waals surface area contributed by atoms with Crippen LogP contribution in [0, 0.1) is 0 Å². The summed E-state index contributed by atoms with van der Waals surface area (Å²) in [7, 11) is 1.94. The molecule has 0 aliphatic heterocycles. The zero-order valence-electron chi connectivity index (χ0n) is 12.2. The largest absolute Gasteiger partial charge is 0.395 e. The van der Waals surface area contributed by atoms with Crippen LogP contribution in [-0.2, 0) is 0 Å². The maximum atomic E-state index is 8.94. The summed E-state index contributed by atoms with van der Waals surface area (Å²) in [5, 5.41) is 18.0. The minimum absolute atomic E-state index is 0.134. The first kappa shape index (κ1) is 14.6. The lowest BCUT2D eigenvalue weighted by atomic mass is 10.2. The molecule has 3 rings (SSSR count). The third kappa shape index (κ3) is 3.29. The number of aliphatic hydroxyl groups is 1. The average Bonchev–Trinajstić information content (AvgIpc) is 2.96. The fourth-order valence-electron chi connectivity index (χ4n) is 2.06. The summed E-state index contributed by atoms with van der Waals surface area (Å²) in [6.07, 6.45) is 0. The molecular formula is C16H16N4OS. The molecule has 0 unspecified atom stereocenters. The molecule has 0 aliphatic rings. The lowest BCUT2D eigenvalue weighted by Crippen LogP contribution is -2.20. The molecule has 0 saturated heterocycles. The van der Waals surface area contributed by atoms with Crippen molar-refractivity contribution in [2.45, 2.75) is 0 Å². The molecule has 2 aromatic carbocycles. The highest BCUT2D eigenvalue weighted by atomic mass is 32.1. The molecule has 0 radical (unpaired) electrons. The number of para-hydroxylation sites is 1. The molecule has 6 heteroatoms. The Balaban J connectivity index is 1.74. The van der Waals surface area contributed by atoms with Crippen LogP contribution in [0.25, 0.3) is 10.2 Å². The molecule has 1 aromatic heterocycles. The predicted octanol–water partition coefficient (Wildman–Crippen LogP) is 4.14. The van der Waals surface area contributed by atoms with Gasteiger partial charge in [-0.25, -0.2) is 4.98 Å². The van der Waals surface area contributed by atoms with Gasteiger partial charge in [0.25, 0.3) is 0 Å². The zero-order chi connectivity index (χ0) is 15.4. The maximum Gasteiger partial charge on any atom is 0.231 e. The number of anilines is 1. The molecule has 0 atom stereocenters. The van der Waals surface area contributed by atoms with Gasteiger partial charge < -0.3 is 10.0 Å². The Bertz CT molecular complexity index is 749. The molecule has 0 spiro atoms. The van der Waals surface area contributed by atoms with Crippen molar-refractivity contribution in [2.24, 2.45) is 10.2 Å². The van der Waals surface area contributed by atoms with Gasteiger partial charge in [0.15, 0.2) is 0 Å². The van der Waals surface area contributed by atoms with Gasteiger partial charge in [-0.1, -0.05) is 23.5 Å². The second-order valence-electron chi connectivity index (χ2n) is 4.83. The Kier molecular flexibility index (Phi) is 4.41. The second kappa shape index (κ2) is 6.64. The molecule has 0 saturated carbocycles. The van der Waals surface area contributed by atoms with Crippen LogP contribution in [0.5, 0.6) is 0 Å². The van der Waals surface area contributed by atoms with Gasteiger partial charge in [-0.3, -0.25) is 0 Å². The standard InChI is InChI=1S/C16H16N4OS/c1-20(10-11-21)13-8-6-12(7-9-13)18-19-16-17-14-4-2-3-5-15(14)22-16/h2-9,21H,10-11H2,1H3. The summed E-state index contributed by atoms with van der Waals surface area (Å²) >= 11 is 1.52. The number of hydrogen-bond acceptors (Lipinski definition) is 6. The fraction of sp³-hybridized carbons (Fsp3) is 0.188. The molecule has 3 aromatic rings. The van der Waals surface area contributed by atoms with E-state index in [2.05, 4.69) is 15.2 Å². The van der Waals surface area contributed by atoms with E-state index in [1.54, 1.807) is 0 Å². The van der Waals surface area contributed by atoms with E-state index in [4.69, 9.17) is 5.11 Å². The van der Waals surface area contributed by atoms with Crippen molar-refractivity contribution in [3.8, 4) is 0 Å². The van der Waals surface area contributed by atoms with E-state index in [0.29, 0.717) is 11.7 Å². The van der Waals surface area contributed by atoms with Crippen molar-refractivity contribution in [1.82, 2.24) is 4.98 Å². The number of hydrogen-bond donors (Lipinski definition) is 1. The highest BCUT2D eigenvalue weighted by Gasteiger charge is 2.02. The fourth-order valence-corrected chi connectivity index (χ4v) is 2.84. The summed E-state index contributed by atoms with van der Waals surface area (Å²) in [4.78, 5) is 6.40. The van der Waals surface area contributed by atoms with Gasteiger partial charge in [0.1, 0.15) is 0 Å². The van der Waals surface area contributed by atoms with Gasteiger partial charge in [0.05, 0.1) is 22.5 Å². The highest BCUT2D eigenvalue weighted by Crippen LogP contribution is 2.29. The number of aromatic nitrogens is 1. The lowest BCUT2D eigenvalue weighted by molar-refractivity contribution is 0.304. The molecule has 0 amide bonds. The number of likely N-dealkylation sites (N-methyl/N-ethyl adjacent to an activating group) is 1. The summed E-state index contributed by atoms with van der Waals surface area (Å²) in [5.41, 5.74) is 2.76. The summed E-state index contributed by atoms with van der Waals surface area (Å²) in [6, 6.07) is 15.7. The molecule has 112 valence electrons. The van der Waals surface area contributed by atoms with Crippen molar-refractivity contribution in [3.63, 3.8) is 0 Å². The Morgan fingerprint density at radius 1 is 1.09 bits per heavy atom. The minimum Gasteiger partial charge on any atom is -0.395 e. The summed E-state index contributed by atoms with van der Waals surface area (Å²) in [6.45, 7) is 0.738. The normalized spacial score (nSPS) is 11.4. The Hall–Kier alpha value is -2.31. The highest BCUT2D eigenvalue weighted by molar-refractivity contribution is 7.21. The smallest absolute Gasteiger partial charge is 0.231 e. The van der Waals surface area contributed by atoms with Crippen molar-refractivity contribution < 1.29 is 5.11 Å². The maximum absolute atomic E-state index is 8.94. The molecular weight excluding hydrogens is 296 g/mol. The number of aliphatic hydroxyl groups excluding tert-OH is 1. The third-order valence-corrected chi connectivity index (χ3v) is 4.18. The van der Waals surface area contributed by atoms with Crippen molar-refractivity contribution >= 4 is 38.1 Å². The summed E-state index contributed by atoms with van der Waals surface area (Å²) < 4.78 is 1.11. The zero-order valence-corrected chi connectivity index (χ0v) is 13.0. The van der Waals surface area contributed by atoms with E-state index in [-0.39, 0.29) is 6.61 Å². The number of azo groups is 1. The minimum atomic E-state index is 0.134. The quantitative estimate of drug-likeness (QED) is 0.720. The van der Waals surface area contributed by atoms with Gasteiger partial charge >= 0.3 is 0 Å². The SMILES string of the molecule is CN(CCO)c1ccc(N=Nc2nc3ccccc3s2)cc1. The van der Waals surface area contributed by atoms with Crippen LogP contribution in [0.3, 0.4) is 0 Å². The Labute approximate surface area is 132 Å². The molecule has 0 bridgehead atoms. The van der Waals surface area contributed by atoms with Crippen LogP contribution in [0.15, 0.2) is 58.8 Å². The van der Waals surface area contributed by atoms with E-state index in [1.807, 2.05) is 60.5 Å². The van der Waals surface area contributed by atoms with Crippen LogP contribution in [0.2, 0.25) is 0 Å². The number of thiazole rings is 1. The van der Waals surface area contributed by atoms with E-state index in [0.717, 1.165) is 21.6 Å². The predicted molar refractivity (Wildman–Crippen MR) is 90.6 cm³/mol. The monoisotopic (exact) mass is 312 g/mol. The van der Waals surface area contributed by atoms with E-state index >= 15 is 0 Å². The van der Waals surface area contributed by atoms with Crippen LogP contribution in [0.4, 0.5) is 16.5 Å². The topological polar surface area (TPSA) is 61.1 Å². The van der Waals surface area contributed by atoms with Crippen LogP contribution >= 0.6 is 11.3 Å². The average molecular weight is 312 g/mol. The van der Waals surface area contributed by atoms with Crippen molar-refractivity contribution in [3.05, 3.63) is 48.5 Å². The molecule has 22 heavy (non-hydrogen) atoms. The van der Waals surface area contributed by atoms with Gasteiger partial charge in [0.2, 0.25) is 5.13 Å². The van der Waals surface area contributed by atoms with Crippen LogP contribution in [0.1, 0.15) is 0 Å². The molecule has 1 heterocycles. The molecule has 5 nitrogen and oxygen atoms in total. The number of fused-ring (bicyclic) bond motifs is 1. The third-order valence-electron chi connectivity index (χ3n) is 3.26. The van der Waals surface area contributed by atoms with Crippen molar-refractivity contribution in [1.29, 1.82) is 0 Å². The Morgan fingerprint density at radius 3 is 2.59 bits per heavy atom. The van der Waals surface area contributed by atoms with Gasteiger partial charge in [0, 0.05) is 19.3 Å². The molecule has 0 fully saturated rings. The van der Waals surface area contributed by atoms with Gasteiger partial charge in [-0.15, -0.1) is 10.2 Å². The molecule has 0 aliphatic carbocycles. The van der Waals surface area contributed by atoms with E-state index < -0.39 is 0 Å². The second-order valence-corrected chi connectivity index (χ2v) is 5.83. The van der Waals surface area contributed by atoms with Crippen LogP contribution < -0.4 is 4.90 Å². The molecule has 1 N–H and O–H groups in total. The number of rotatable bonds is 5. The first-order valence-electron chi connectivity index (χ1n) is 6.95. The van der Waals surface area contributed by atoms with Crippen LogP contribution in [-0.4, -0.2) is 30.3 Å². The summed E-state index contributed by atoms with van der Waals surface area (Å²) in [5.74, 6) is 0. The Morgan fingerprint density at radius 2 is 1.86 bits per heavy atom. The van der Waals surface area contributed by atoms with Gasteiger partial charge in [-0.2, -0.15) is 0 Å². The van der Waals surface area contributed by atoms with Gasteiger partial charge in [-0.05, 0) is 36.4 Å². The van der Waals surface area contributed by atoms with E-state index in [1.165, 1.54) is 11.3 Å². The first-order chi connectivity index (χ1) is 10.8. The van der Waals surface area contributed by atoms with E-state index in [9.17, 15) is 0 Å². The number of benzene rings is 2. The lowest BCUT2D eigenvalue weighted by Gasteiger charge is -2.17.